The Labute approximate surface area is 95.1 Å². The molecule has 0 amide bonds. The summed E-state index contributed by atoms with van der Waals surface area (Å²) < 4.78 is 0. The molecule has 1 heterocycles. The Balaban J connectivity index is 2.63. The van der Waals surface area contributed by atoms with E-state index in [-0.39, 0.29) is 25.3 Å². The second kappa shape index (κ2) is 6.55. The van der Waals surface area contributed by atoms with Crippen LogP contribution in [0.4, 0.5) is 0 Å². The van der Waals surface area contributed by atoms with Gasteiger partial charge in [-0.25, -0.2) is 0 Å². The van der Waals surface area contributed by atoms with E-state index in [1.165, 1.54) is 0 Å². The fourth-order valence-corrected chi connectivity index (χ4v) is 1.42. The molecule has 0 spiro atoms. The molecule has 0 aliphatic rings. The van der Waals surface area contributed by atoms with E-state index in [0.29, 0.717) is 12.8 Å². The quantitative estimate of drug-likeness (QED) is 0.487. The molecule has 0 saturated heterocycles. The van der Waals surface area contributed by atoms with Gasteiger partial charge in [-0.15, -0.1) is 0 Å². The van der Waals surface area contributed by atoms with Crippen LogP contribution in [0.3, 0.4) is 0 Å². The number of aromatic nitrogens is 1. The second-order valence-corrected chi connectivity index (χ2v) is 3.91. The van der Waals surface area contributed by atoms with Crippen molar-refractivity contribution in [1.82, 2.24) is 4.98 Å². The number of nitrogens with zero attached hydrogens (tertiary/aromatic N) is 1. The third-order valence-corrected chi connectivity index (χ3v) is 2.28. The van der Waals surface area contributed by atoms with Crippen molar-refractivity contribution in [2.24, 2.45) is 11.5 Å². The van der Waals surface area contributed by atoms with E-state index in [1.807, 2.05) is 18.2 Å². The summed E-state index contributed by atoms with van der Waals surface area (Å²) in [5.41, 5.74) is 12.9. The molecule has 5 heteroatoms. The maximum absolute atomic E-state index is 8.84. The molecule has 0 bridgehead atoms. The van der Waals surface area contributed by atoms with Crippen LogP contribution in [-0.4, -0.2) is 40.5 Å². The van der Waals surface area contributed by atoms with Crippen LogP contribution in [0, 0.1) is 0 Å². The fraction of sp³-hybridized carbons (Fsp3) is 0.545. The zero-order valence-corrected chi connectivity index (χ0v) is 9.21. The van der Waals surface area contributed by atoms with Crippen LogP contribution in [0.5, 0.6) is 0 Å². The van der Waals surface area contributed by atoms with E-state index in [4.69, 9.17) is 21.7 Å². The van der Waals surface area contributed by atoms with Gasteiger partial charge < -0.3 is 21.7 Å². The Morgan fingerprint density at radius 1 is 1.00 bits per heavy atom. The van der Waals surface area contributed by atoms with Crippen LogP contribution < -0.4 is 11.5 Å². The standard InChI is InChI=1S/C11H19N3O2/c12-8(6-15)4-10-2-1-3-11(14-10)5-9(13)7-16/h1-3,8-9,15-16H,4-7,12-13H2. The average molecular weight is 225 g/mol. The maximum atomic E-state index is 8.84. The summed E-state index contributed by atoms with van der Waals surface area (Å²) in [7, 11) is 0. The molecule has 2 unspecified atom stereocenters. The molecule has 0 fully saturated rings. The van der Waals surface area contributed by atoms with Gasteiger partial charge in [0.25, 0.3) is 0 Å². The predicted octanol–water partition coefficient (Wildman–Crippen LogP) is -1.19. The number of aliphatic hydroxyl groups is 2. The van der Waals surface area contributed by atoms with E-state index >= 15 is 0 Å². The topological polar surface area (TPSA) is 105 Å². The summed E-state index contributed by atoms with van der Waals surface area (Å²) in [4.78, 5) is 4.37. The minimum absolute atomic E-state index is 0.0535. The van der Waals surface area contributed by atoms with Gasteiger partial charge in [-0.3, -0.25) is 4.98 Å². The summed E-state index contributed by atoms with van der Waals surface area (Å²) in [6.07, 6.45) is 1.08. The first-order chi connectivity index (χ1) is 7.65. The number of hydrogen-bond donors (Lipinski definition) is 4. The number of rotatable bonds is 6. The first-order valence-electron chi connectivity index (χ1n) is 5.33. The highest BCUT2D eigenvalue weighted by Gasteiger charge is 2.07. The lowest BCUT2D eigenvalue weighted by molar-refractivity contribution is 0.263. The molecule has 90 valence electrons. The highest BCUT2D eigenvalue weighted by atomic mass is 16.3. The van der Waals surface area contributed by atoms with Crippen LogP contribution in [-0.2, 0) is 12.8 Å². The molecule has 2 atom stereocenters. The van der Waals surface area contributed by atoms with Gasteiger partial charge in [0.05, 0.1) is 13.2 Å². The van der Waals surface area contributed by atoms with Gasteiger partial charge in [-0.2, -0.15) is 0 Å². The zero-order valence-electron chi connectivity index (χ0n) is 9.21. The van der Waals surface area contributed by atoms with Gasteiger partial charge in [0.2, 0.25) is 0 Å². The summed E-state index contributed by atoms with van der Waals surface area (Å²) >= 11 is 0. The highest BCUT2D eigenvalue weighted by molar-refractivity contribution is 5.13. The SMILES string of the molecule is NC(CO)Cc1cccc(CC(N)CO)n1. The van der Waals surface area contributed by atoms with Crippen molar-refractivity contribution in [2.75, 3.05) is 13.2 Å². The minimum atomic E-state index is -0.283. The molecule has 1 rings (SSSR count). The first-order valence-corrected chi connectivity index (χ1v) is 5.33. The van der Waals surface area contributed by atoms with Crippen molar-refractivity contribution >= 4 is 0 Å². The van der Waals surface area contributed by atoms with Gasteiger partial charge in [0.15, 0.2) is 0 Å². The first kappa shape index (κ1) is 13.1. The largest absolute Gasteiger partial charge is 0.395 e. The van der Waals surface area contributed by atoms with Crippen molar-refractivity contribution in [1.29, 1.82) is 0 Å². The van der Waals surface area contributed by atoms with E-state index < -0.39 is 0 Å². The molecule has 0 radical (unpaired) electrons. The van der Waals surface area contributed by atoms with Crippen molar-refractivity contribution in [3.63, 3.8) is 0 Å². The van der Waals surface area contributed by atoms with Gasteiger partial charge in [-0.1, -0.05) is 6.07 Å². The van der Waals surface area contributed by atoms with E-state index in [2.05, 4.69) is 4.98 Å². The molecule has 5 nitrogen and oxygen atoms in total. The fourth-order valence-electron chi connectivity index (χ4n) is 1.42. The molecule has 0 aliphatic carbocycles. The predicted molar refractivity (Wildman–Crippen MR) is 61.8 cm³/mol. The van der Waals surface area contributed by atoms with Crippen molar-refractivity contribution in [2.45, 2.75) is 24.9 Å². The molecule has 0 aliphatic heterocycles. The van der Waals surface area contributed by atoms with Crippen LogP contribution in [0.1, 0.15) is 11.4 Å². The molecule has 0 saturated carbocycles. The third-order valence-electron chi connectivity index (χ3n) is 2.28. The minimum Gasteiger partial charge on any atom is -0.395 e. The van der Waals surface area contributed by atoms with E-state index in [1.54, 1.807) is 0 Å². The lowest BCUT2D eigenvalue weighted by Crippen LogP contribution is -2.28. The Kier molecular flexibility index (Phi) is 5.34. The molecule has 1 aromatic rings. The smallest absolute Gasteiger partial charge is 0.0586 e. The molecular weight excluding hydrogens is 206 g/mol. The lowest BCUT2D eigenvalue weighted by Gasteiger charge is -2.10. The lowest BCUT2D eigenvalue weighted by atomic mass is 10.1. The van der Waals surface area contributed by atoms with Gasteiger partial charge in [-0.05, 0) is 12.1 Å². The highest BCUT2D eigenvalue weighted by Crippen LogP contribution is 2.04. The molecule has 16 heavy (non-hydrogen) atoms. The van der Waals surface area contributed by atoms with Gasteiger partial charge in [0, 0.05) is 36.3 Å². The zero-order chi connectivity index (χ0) is 12.0. The molecule has 0 aromatic carbocycles. The Bertz CT molecular complexity index is 293. The van der Waals surface area contributed by atoms with Crippen LogP contribution in [0.15, 0.2) is 18.2 Å². The van der Waals surface area contributed by atoms with Gasteiger partial charge >= 0.3 is 0 Å². The second-order valence-electron chi connectivity index (χ2n) is 3.91. The Hall–Kier alpha value is -1.01. The van der Waals surface area contributed by atoms with Crippen LogP contribution >= 0.6 is 0 Å². The molecule has 1 aromatic heterocycles. The summed E-state index contributed by atoms with van der Waals surface area (Å²) in [6, 6.07) is 5.04. The number of hydrogen-bond acceptors (Lipinski definition) is 5. The summed E-state index contributed by atoms with van der Waals surface area (Å²) in [5, 5.41) is 17.7. The number of aliphatic hydroxyl groups excluding tert-OH is 2. The van der Waals surface area contributed by atoms with E-state index in [9.17, 15) is 0 Å². The van der Waals surface area contributed by atoms with Gasteiger partial charge in [0.1, 0.15) is 0 Å². The average Bonchev–Trinajstić information content (AvgIpc) is 2.29. The summed E-state index contributed by atoms with van der Waals surface area (Å²) in [5.74, 6) is 0. The van der Waals surface area contributed by atoms with E-state index in [0.717, 1.165) is 11.4 Å². The third kappa shape index (κ3) is 4.24. The Morgan fingerprint density at radius 3 is 1.81 bits per heavy atom. The normalized spacial score (nSPS) is 14.8. The molecule has 6 N–H and O–H groups in total. The maximum Gasteiger partial charge on any atom is 0.0586 e. The van der Waals surface area contributed by atoms with Crippen LogP contribution in [0.2, 0.25) is 0 Å². The Morgan fingerprint density at radius 2 is 1.44 bits per heavy atom. The summed E-state index contributed by atoms with van der Waals surface area (Å²) in [6.45, 7) is -0.107. The van der Waals surface area contributed by atoms with Crippen molar-refractivity contribution < 1.29 is 10.2 Å². The molecular formula is C11H19N3O2. The van der Waals surface area contributed by atoms with Crippen molar-refractivity contribution in [3.05, 3.63) is 29.6 Å². The monoisotopic (exact) mass is 225 g/mol. The van der Waals surface area contributed by atoms with Crippen LogP contribution in [0.25, 0.3) is 0 Å². The number of pyridine rings is 1. The number of nitrogens with two attached hydrogens (primary N) is 2. The van der Waals surface area contributed by atoms with Crippen molar-refractivity contribution in [3.8, 4) is 0 Å².